The van der Waals surface area contributed by atoms with E-state index in [4.69, 9.17) is 9.47 Å². The van der Waals surface area contributed by atoms with Gasteiger partial charge in [-0.15, -0.1) is 12.4 Å². The fraction of sp³-hybridized carbons (Fsp3) is 0.500. The van der Waals surface area contributed by atoms with Crippen molar-refractivity contribution in [1.29, 1.82) is 0 Å². The van der Waals surface area contributed by atoms with Gasteiger partial charge in [0.1, 0.15) is 11.4 Å². The number of ether oxygens (including phenoxy) is 2. The highest BCUT2D eigenvalue weighted by Gasteiger charge is 2.39. The van der Waals surface area contributed by atoms with Gasteiger partial charge in [0.15, 0.2) is 0 Å². The van der Waals surface area contributed by atoms with Crippen LogP contribution < -0.4 is 15.4 Å². The summed E-state index contributed by atoms with van der Waals surface area (Å²) in [5, 5.41) is 6.14. The van der Waals surface area contributed by atoms with E-state index in [-0.39, 0.29) is 18.3 Å². The maximum Gasteiger partial charge on any atom is 0.256 e. The first kappa shape index (κ1) is 16.8. The van der Waals surface area contributed by atoms with Crippen LogP contribution >= 0.6 is 12.4 Å². The first-order chi connectivity index (χ1) is 9.20. The van der Waals surface area contributed by atoms with Crippen LogP contribution in [0.3, 0.4) is 0 Å². The zero-order valence-corrected chi connectivity index (χ0v) is 12.6. The molecule has 5 nitrogen and oxygen atoms in total. The quantitative estimate of drug-likeness (QED) is 0.890. The van der Waals surface area contributed by atoms with Crippen molar-refractivity contribution in [1.82, 2.24) is 5.32 Å². The van der Waals surface area contributed by atoms with Crippen molar-refractivity contribution in [2.75, 3.05) is 32.6 Å². The van der Waals surface area contributed by atoms with Gasteiger partial charge in [-0.05, 0) is 38.1 Å². The summed E-state index contributed by atoms with van der Waals surface area (Å²) in [6.45, 7) is 1.58. The van der Waals surface area contributed by atoms with Gasteiger partial charge in [-0.3, -0.25) is 4.79 Å². The summed E-state index contributed by atoms with van der Waals surface area (Å²) >= 11 is 0. The van der Waals surface area contributed by atoms with Crippen molar-refractivity contribution < 1.29 is 14.3 Å². The average Bonchev–Trinajstić information content (AvgIpc) is 2.48. The van der Waals surface area contributed by atoms with E-state index in [1.54, 1.807) is 20.3 Å². The minimum Gasteiger partial charge on any atom is -0.497 e. The SMILES string of the molecule is COc1cccc(NC(=O)C2(OC)CCNCC2)c1.Cl. The molecule has 0 bridgehead atoms. The van der Waals surface area contributed by atoms with Crippen LogP contribution in [0.15, 0.2) is 24.3 Å². The van der Waals surface area contributed by atoms with Crippen molar-refractivity contribution in [3.63, 3.8) is 0 Å². The van der Waals surface area contributed by atoms with Crippen LogP contribution in [0.1, 0.15) is 12.8 Å². The molecule has 1 aromatic rings. The molecule has 1 heterocycles. The van der Waals surface area contributed by atoms with Gasteiger partial charge in [0.05, 0.1) is 7.11 Å². The van der Waals surface area contributed by atoms with Gasteiger partial charge >= 0.3 is 0 Å². The number of halogens is 1. The lowest BCUT2D eigenvalue weighted by Gasteiger charge is -2.34. The smallest absolute Gasteiger partial charge is 0.256 e. The Balaban J connectivity index is 0.00000200. The van der Waals surface area contributed by atoms with Gasteiger partial charge in [0, 0.05) is 18.9 Å². The van der Waals surface area contributed by atoms with Crippen LogP contribution in [0.5, 0.6) is 5.75 Å². The van der Waals surface area contributed by atoms with Gasteiger partial charge in [-0.2, -0.15) is 0 Å². The lowest BCUT2D eigenvalue weighted by atomic mass is 9.91. The first-order valence-electron chi connectivity index (χ1n) is 6.41. The third-order valence-corrected chi connectivity index (χ3v) is 3.54. The van der Waals surface area contributed by atoms with E-state index in [0.717, 1.165) is 24.5 Å². The summed E-state index contributed by atoms with van der Waals surface area (Å²) in [5.74, 6) is 0.624. The van der Waals surface area contributed by atoms with E-state index < -0.39 is 5.60 Å². The monoisotopic (exact) mass is 300 g/mol. The van der Waals surface area contributed by atoms with Crippen molar-refractivity contribution in [2.24, 2.45) is 0 Å². The molecule has 1 amide bonds. The first-order valence-corrected chi connectivity index (χ1v) is 6.41. The highest BCUT2D eigenvalue weighted by molar-refractivity contribution is 5.97. The van der Waals surface area contributed by atoms with E-state index in [1.807, 2.05) is 18.2 Å². The van der Waals surface area contributed by atoms with Gasteiger partial charge in [0.25, 0.3) is 5.91 Å². The van der Waals surface area contributed by atoms with Gasteiger partial charge in [0.2, 0.25) is 0 Å². The van der Waals surface area contributed by atoms with E-state index in [1.165, 1.54) is 0 Å². The number of methoxy groups -OCH3 is 2. The van der Waals surface area contributed by atoms with Crippen molar-refractivity contribution in [3.8, 4) is 5.75 Å². The number of piperidine rings is 1. The Hall–Kier alpha value is -1.30. The minimum atomic E-state index is -0.728. The summed E-state index contributed by atoms with van der Waals surface area (Å²) in [5.41, 5.74) is -0.00627. The van der Waals surface area contributed by atoms with Gasteiger partial charge in [-0.25, -0.2) is 0 Å². The number of nitrogens with one attached hydrogen (secondary N) is 2. The van der Waals surface area contributed by atoms with E-state index in [9.17, 15) is 4.79 Å². The molecule has 0 aliphatic carbocycles. The van der Waals surface area contributed by atoms with Crippen molar-refractivity contribution in [3.05, 3.63) is 24.3 Å². The molecule has 1 saturated heterocycles. The third-order valence-electron chi connectivity index (χ3n) is 3.54. The molecular weight excluding hydrogens is 280 g/mol. The van der Waals surface area contributed by atoms with Crippen molar-refractivity contribution in [2.45, 2.75) is 18.4 Å². The predicted molar refractivity (Wildman–Crippen MR) is 80.7 cm³/mol. The molecule has 1 aliphatic heterocycles. The standard InChI is InChI=1S/C14H20N2O3.ClH/c1-18-12-5-3-4-11(10-12)16-13(17)14(19-2)6-8-15-9-7-14;/h3-5,10,15H,6-9H2,1-2H3,(H,16,17);1H. The molecular formula is C14H21ClN2O3. The molecule has 112 valence electrons. The zero-order valence-electron chi connectivity index (χ0n) is 11.8. The molecule has 6 heteroatoms. The fourth-order valence-corrected chi connectivity index (χ4v) is 2.30. The van der Waals surface area contributed by atoms with Crippen LogP contribution in [0.4, 0.5) is 5.69 Å². The maximum atomic E-state index is 12.4. The van der Waals surface area contributed by atoms with Crippen LogP contribution in [-0.4, -0.2) is 38.8 Å². The number of carbonyl (C=O) groups excluding carboxylic acids is 1. The summed E-state index contributed by atoms with van der Waals surface area (Å²) in [6.07, 6.45) is 1.36. The molecule has 0 aromatic heterocycles. The summed E-state index contributed by atoms with van der Waals surface area (Å²) in [7, 11) is 3.20. The van der Waals surface area contributed by atoms with Gasteiger partial charge < -0.3 is 20.1 Å². The molecule has 0 radical (unpaired) electrons. The molecule has 2 rings (SSSR count). The largest absolute Gasteiger partial charge is 0.497 e. The molecule has 0 saturated carbocycles. The Bertz CT molecular complexity index is 448. The highest BCUT2D eigenvalue weighted by Crippen LogP contribution is 2.25. The van der Waals surface area contributed by atoms with Crippen LogP contribution in [0.25, 0.3) is 0 Å². The van der Waals surface area contributed by atoms with Crippen LogP contribution in [0.2, 0.25) is 0 Å². The molecule has 2 N–H and O–H groups in total. The Morgan fingerprint density at radius 2 is 2.00 bits per heavy atom. The predicted octanol–water partition coefficient (Wildman–Crippen LogP) is 1.82. The zero-order chi connectivity index (χ0) is 13.7. The van der Waals surface area contributed by atoms with Crippen molar-refractivity contribution >= 4 is 24.0 Å². The summed E-state index contributed by atoms with van der Waals surface area (Å²) in [6, 6.07) is 7.32. The topological polar surface area (TPSA) is 59.6 Å². The molecule has 1 fully saturated rings. The Morgan fingerprint density at radius 3 is 2.60 bits per heavy atom. The number of hydrogen-bond donors (Lipinski definition) is 2. The minimum absolute atomic E-state index is 0. The number of rotatable bonds is 4. The Morgan fingerprint density at radius 1 is 1.30 bits per heavy atom. The number of anilines is 1. The van der Waals surface area contributed by atoms with E-state index in [0.29, 0.717) is 12.8 Å². The van der Waals surface area contributed by atoms with Crippen LogP contribution in [-0.2, 0) is 9.53 Å². The van der Waals surface area contributed by atoms with E-state index in [2.05, 4.69) is 10.6 Å². The number of benzene rings is 1. The molecule has 1 aliphatic rings. The summed E-state index contributed by atoms with van der Waals surface area (Å²) < 4.78 is 10.6. The number of carbonyl (C=O) groups is 1. The second-order valence-corrected chi connectivity index (χ2v) is 4.63. The normalized spacial score (nSPS) is 16.9. The Labute approximate surface area is 125 Å². The van der Waals surface area contributed by atoms with Gasteiger partial charge in [-0.1, -0.05) is 6.07 Å². The second kappa shape index (κ2) is 7.47. The Kier molecular flexibility index (Phi) is 6.26. The third kappa shape index (κ3) is 3.62. The maximum absolute atomic E-state index is 12.4. The molecule has 0 unspecified atom stereocenters. The highest BCUT2D eigenvalue weighted by atomic mass is 35.5. The molecule has 0 spiro atoms. The van der Waals surface area contributed by atoms with Crippen LogP contribution in [0, 0.1) is 0 Å². The number of hydrogen-bond acceptors (Lipinski definition) is 4. The molecule has 0 atom stereocenters. The molecule has 1 aromatic carbocycles. The lowest BCUT2D eigenvalue weighted by molar-refractivity contribution is -0.140. The number of amides is 1. The van der Waals surface area contributed by atoms with E-state index >= 15 is 0 Å². The molecule has 20 heavy (non-hydrogen) atoms. The fourth-order valence-electron chi connectivity index (χ4n) is 2.30. The second-order valence-electron chi connectivity index (χ2n) is 4.63. The summed E-state index contributed by atoms with van der Waals surface area (Å²) in [4.78, 5) is 12.4. The lowest BCUT2D eigenvalue weighted by Crippen LogP contribution is -2.51. The average molecular weight is 301 g/mol.